The molecule has 0 radical (unpaired) electrons. The van der Waals surface area contributed by atoms with E-state index in [1.165, 1.54) is 6.07 Å². The molecule has 1 saturated heterocycles. The third-order valence-electron chi connectivity index (χ3n) is 4.62. The van der Waals surface area contributed by atoms with Gasteiger partial charge in [-0.2, -0.15) is 5.10 Å². The fourth-order valence-electron chi connectivity index (χ4n) is 3.25. The molecule has 4 rings (SSSR count). The maximum atomic E-state index is 14.4. The molecule has 0 unspecified atom stereocenters. The lowest BCUT2D eigenvalue weighted by molar-refractivity contribution is 0.102. The van der Waals surface area contributed by atoms with E-state index in [-0.39, 0.29) is 11.6 Å². The number of nitrogens with one attached hydrogen (secondary N) is 1. The van der Waals surface area contributed by atoms with Crippen molar-refractivity contribution in [2.75, 3.05) is 23.3 Å². The van der Waals surface area contributed by atoms with Crippen LogP contribution in [0.5, 0.6) is 0 Å². The molecule has 5 nitrogen and oxygen atoms in total. The molecule has 1 aliphatic heterocycles. The Hall–Kier alpha value is -2.67. The van der Waals surface area contributed by atoms with Crippen LogP contribution >= 0.6 is 15.9 Å². The minimum atomic E-state index is -0.425. The highest BCUT2D eigenvalue weighted by molar-refractivity contribution is 9.10. The van der Waals surface area contributed by atoms with Crippen molar-refractivity contribution in [1.82, 2.24) is 9.78 Å². The first-order valence-electron chi connectivity index (χ1n) is 8.77. The third-order valence-corrected chi connectivity index (χ3v) is 5.03. The van der Waals surface area contributed by atoms with Crippen LogP contribution in [0.2, 0.25) is 0 Å². The van der Waals surface area contributed by atoms with Crippen LogP contribution in [0.4, 0.5) is 15.8 Å². The van der Waals surface area contributed by atoms with Gasteiger partial charge in [-0.3, -0.25) is 4.79 Å². The lowest BCUT2D eigenvalue weighted by atomic mass is 10.1. The van der Waals surface area contributed by atoms with Crippen molar-refractivity contribution in [3.63, 3.8) is 0 Å². The molecule has 3 aromatic rings. The van der Waals surface area contributed by atoms with Crippen LogP contribution in [0.3, 0.4) is 0 Å². The number of carbonyl (C=O) groups excluding carboxylic acids is 1. The van der Waals surface area contributed by atoms with Gasteiger partial charge in [-0.15, -0.1) is 0 Å². The first-order chi connectivity index (χ1) is 13.1. The van der Waals surface area contributed by atoms with Gasteiger partial charge in [-0.1, -0.05) is 6.07 Å². The van der Waals surface area contributed by atoms with Crippen molar-refractivity contribution in [1.29, 1.82) is 0 Å². The fourth-order valence-corrected chi connectivity index (χ4v) is 3.54. The van der Waals surface area contributed by atoms with Crippen LogP contribution in [0.1, 0.15) is 23.2 Å². The summed E-state index contributed by atoms with van der Waals surface area (Å²) in [4.78, 5) is 14.8. The van der Waals surface area contributed by atoms with E-state index in [1.54, 1.807) is 41.2 Å². The second-order valence-corrected chi connectivity index (χ2v) is 7.35. The van der Waals surface area contributed by atoms with Gasteiger partial charge in [0.15, 0.2) is 0 Å². The normalized spacial score (nSPS) is 13.8. The second kappa shape index (κ2) is 7.52. The Morgan fingerprint density at radius 1 is 1.11 bits per heavy atom. The highest BCUT2D eigenvalue weighted by atomic mass is 79.9. The number of para-hydroxylation sites is 1. The van der Waals surface area contributed by atoms with Gasteiger partial charge in [0, 0.05) is 24.8 Å². The molecule has 2 aromatic carbocycles. The molecule has 7 heteroatoms. The highest BCUT2D eigenvalue weighted by Crippen LogP contribution is 2.31. The Bertz CT molecular complexity index is 964. The fraction of sp³-hybridized carbons (Fsp3) is 0.200. The summed E-state index contributed by atoms with van der Waals surface area (Å²) >= 11 is 3.36. The van der Waals surface area contributed by atoms with Crippen LogP contribution in [-0.2, 0) is 0 Å². The maximum absolute atomic E-state index is 14.4. The molecule has 0 spiro atoms. The van der Waals surface area contributed by atoms with E-state index in [2.05, 4.69) is 31.2 Å². The summed E-state index contributed by atoms with van der Waals surface area (Å²) in [7, 11) is 0. The van der Waals surface area contributed by atoms with Gasteiger partial charge in [0.1, 0.15) is 11.5 Å². The Morgan fingerprint density at radius 3 is 2.52 bits per heavy atom. The first-order valence-corrected chi connectivity index (χ1v) is 9.56. The van der Waals surface area contributed by atoms with Crippen LogP contribution in [0, 0.1) is 5.82 Å². The molecule has 2 heterocycles. The predicted octanol–water partition coefficient (Wildman–Crippen LogP) is 4.63. The van der Waals surface area contributed by atoms with Crippen molar-refractivity contribution in [2.45, 2.75) is 12.8 Å². The van der Waals surface area contributed by atoms with Crippen LogP contribution < -0.4 is 10.2 Å². The zero-order valence-electron chi connectivity index (χ0n) is 14.5. The van der Waals surface area contributed by atoms with E-state index in [1.807, 2.05) is 12.3 Å². The molecule has 1 amide bonds. The number of hydrogen-bond acceptors (Lipinski definition) is 3. The largest absolute Gasteiger partial charge is 0.370 e. The Kier molecular flexibility index (Phi) is 4.94. The number of anilines is 2. The van der Waals surface area contributed by atoms with E-state index in [0.717, 1.165) is 41.8 Å². The molecule has 0 aliphatic carbocycles. The number of aromatic nitrogens is 2. The van der Waals surface area contributed by atoms with Gasteiger partial charge < -0.3 is 10.2 Å². The Balaban J connectivity index is 1.56. The van der Waals surface area contributed by atoms with Crippen molar-refractivity contribution in [3.8, 4) is 5.69 Å². The van der Waals surface area contributed by atoms with Crippen LogP contribution in [-0.4, -0.2) is 28.8 Å². The zero-order chi connectivity index (χ0) is 18.8. The summed E-state index contributed by atoms with van der Waals surface area (Å²) in [6.07, 6.45) is 5.68. The quantitative estimate of drug-likeness (QED) is 0.658. The molecule has 1 N–H and O–H groups in total. The summed E-state index contributed by atoms with van der Waals surface area (Å²) in [5.74, 6) is -0.764. The van der Waals surface area contributed by atoms with Crippen molar-refractivity contribution in [2.24, 2.45) is 0 Å². The lowest BCUT2D eigenvalue weighted by Gasteiger charge is -2.22. The van der Waals surface area contributed by atoms with E-state index < -0.39 is 5.82 Å². The van der Waals surface area contributed by atoms with E-state index in [4.69, 9.17) is 0 Å². The minimum Gasteiger partial charge on any atom is -0.370 e. The minimum absolute atomic E-state index is 0.240. The number of nitrogens with zero attached hydrogens (tertiary/aromatic N) is 3. The van der Waals surface area contributed by atoms with E-state index in [0.29, 0.717) is 5.56 Å². The number of carbonyl (C=O) groups is 1. The standard InChI is InChI=1S/C20H18BrFN4O/c21-15-12-23-26(13-15)16-8-6-14(7-9-16)20(27)24-19-17(22)4-3-5-18(19)25-10-1-2-11-25/h3-9,12-13H,1-2,10-11H2,(H,24,27). The van der Waals surface area contributed by atoms with Gasteiger partial charge >= 0.3 is 0 Å². The van der Waals surface area contributed by atoms with Gasteiger partial charge in [0.25, 0.3) is 5.91 Å². The molecule has 1 aliphatic rings. The predicted molar refractivity (Wildman–Crippen MR) is 107 cm³/mol. The topological polar surface area (TPSA) is 50.2 Å². The Morgan fingerprint density at radius 2 is 1.85 bits per heavy atom. The van der Waals surface area contributed by atoms with Gasteiger partial charge in [-0.05, 0) is 65.2 Å². The summed E-state index contributed by atoms with van der Waals surface area (Å²) in [5.41, 5.74) is 2.27. The van der Waals surface area contributed by atoms with Crippen molar-refractivity contribution in [3.05, 3.63) is 70.7 Å². The molecule has 27 heavy (non-hydrogen) atoms. The number of hydrogen-bond donors (Lipinski definition) is 1. The van der Waals surface area contributed by atoms with Gasteiger partial charge in [0.2, 0.25) is 0 Å². The second-order valence-electron chi connectivity index (χ2n) is 6.43. The number of rotatable bonds is 4. The van der Waals surface area contributed by atoms with E-state index >= 15 is 0 Å². The summed E-state index contributed by atoms with van der Waals surface area (Å²) in [5, 5.41) is 6.96. The number of amides is 1. The Labute approximate surface area is 164 Å². The smallest absolute Gasteiger partial charge is 0.255 e. The van der Waals surface area contributed by atoms with Crippen molar-refractivity contribution < 1.29 is 9.18 Å². The molecule has 1 aromatic heterocycles. The third kappa shape index (κ3) is 3.73. The molecular formula is C20H18BrFN4O. The van der Waals surface area contributed by atoms with E-state index in [9.17, 15) is 9.18 Å². The summed E-state index contributed by atoms with van der Waals surface area (Å²) in [6, 6.07) is 11.9. The van der Waals surface area contributed by atoms with Gasteiger partial charge in [-0.25, -0.2) is 9.07 Å². The van der Waals surface area contributed by atoms with Crippen molar-refractivity contribution >= 4 is 33.2 Å². The average molecular weight is 429 g/mol. The molecular weight excluding hydrogens is 411 g/mol. The first kappa shape index (κ1) is 17.7. The number of benzene rings is 2. The SMILES string of the molecule is O=C(Nc1c(F)cccc1N1CCCC1)c1ccc(-n2cc(Br)cn2)cc1. The molecule has 0 saturated carbocycles. The molecule has 138 valence electrons. The maximum Gasteiger partial charge on any atom is 0.255 e. The highest BCUT2D eigenvalue weighted by Gasteiger charge is 2.20. The van der Waals surface area contributed by atoms with Crippen LogP contribution in [0.15, 0.2) is 59.3 Å². The lowest BCUT2D eigenvalue weighted by Crippen LogP contribution is -2.22. The zero-order valence-corrected chi connectivity index (χ0v) is 16.1. The molecule has 0 atom stereocenters. The van der Waals surface area contributed by atoms with Crippen LogP contribution in [0.25, 0.3) is 5.69 Å². The monoisotopic (exact) mass is 428 g/mol. The summed E-state index contributed by atoms with van der Waals surface area (Å²) < 4.78 is 17.0. The summed E-state index contributed by atoms with van der Waals surface area (Å²) in [6.45, 7) is 1.75. The molecule has 0 bridgehead atoms. The average Bonchev–Trinajstić information content (AvgIpc) is 3.35. The molecule has 1 fully saturated rings. The number of halogens is 2. The van der Waals surface area contributed by atoms with Gasteiger partial charge in [0.05, 0.1) is 22.0 Å².